The molecule has 1 aromatic heterocycles. The summed E-state index contributed by atoms with van der Waals surface area (Å²) in [6.45, 7) is 3.82. The van der Waals surface area contributed by atoms with Crippen LogP contribution in [0.15, 0.2) is 52.4 Å². The number of benzene rings is 2. The van der Waals surface area contributed by atoms with Gasteiger partial charge in [0.25, 0.3) is 5.56 Å². The zero-order chi connectivity index (χ0) is 18.9. The maximum absolute atomic E-state index is 13.0. The highest BCUT2D eigenvalue weighted by Crippen LogP contribution is 2.27. The second kappa shape index (κ2) is 7.15. The molecule has 0 saturated carbocycles. The van der Waals surface area contributed by atoms with E-state index in [-0.39, 0.29) is 16.5 Å². The molecule has 0 radical (unpaired) electrons. The molecular weight excluding hydrogens is 361 g/mol. The number of hydrogen-bond acceptors (Lipinski definition) is 3. The lowest BCUT2D eigenvalue weighted by molar-refractivity contribution is -0.129. The van der Waals surface area contributed by atoms with Crippen molar-refractivity contribution in [3.05, 3.63) is 63.9 Å². The second-order valence-electron chi connectivity index (χ2n) is 6.11. The van der Waals surface area contributed by atoms with E-state index in [9.17, 15) is 18.0 Å². The van der Waals surface area contributed by atoms with Crippen LogP contribution in [0.5, 0.6) is 0 Å². The standard InChI is InChI=1S/C19H17F3N2OS/c1-12-9-13(2)11-14(10-12)24-17(25)15-5-3-4-6-16(15)23-18(24)26-8-7-19(20,21)22/h3-6,9-11H,7-8H2,1-2H3. The Morgan fingerprint density at radius 1 is 1.08 bits per heavy atom. The van der Waals surface area contributed by atoms with E-state index in [1.165, 1.54) is 4.57 Å². The van der Waals surface area contributed by atoms with Gasteiger partial charge in [0.15, 0.2) is 5.16 Å². The van der Waals surface area contributed by atoms with Gasteiger partial charge in [-0.25, -0.2) is 4.98 Å². The van der Waals surface area contributed by atoms with Gasteiger partial charge in [-0.1, -0.05) is 30.0 Å². The van der Waals surface area contributed by atoms with E-state index >= 15 is 0 Å². The molecular formula is C19H17F3N2OS. The number of para-hydroxylation sites is 1. The first-order valence-electron chi connectivity index (χ1n) is 8.04. The third-order valence-corrected chi connectivity index (χ3v) is 4.77. The summed E-state index contributed by atoms with van der Waals surface area (Å²) in [5.74, 6) is -0.195. The molecule has 0 N–H and O–H groups in total. The van der Waals surface area contributed by atoms with Gasteiger partial charge in [-0.3, -0.25) is 9.36 Å². The molecule has 0 aliphatic carbocycles. The summed E-state index contributed by atoms with van der Waals surface area (Å²) in [6, 6.07) is 12.5. The summed E-state index contributed by atoms with van der Waals surface area (Å²) in [5, 5.41) is 0.704. The highest BCUT2D eigenvalue weighted by Gasteiger charge is 2.27. The molecule has 2 aromatic carbocycles. The van der Waals surface area contributed by atoms with Crippen molar-refractivity contribution in [1.29, 1.82) is 0 Å². The topological polar surface area (TPSA) is 34.9 Å². The van der Waals surface area contributed by atoms with Crippen LogP contribution in [0.25, 0.3) is 16.6 Å². The van der Waals surface area contributed by atoms with E-state index in [2.05, 4.69) is 4.98 Å². The molecule has 3 nitrogen and oxygen atoms in total. The average molecular weight is 378 g/mol. The molecule has 26 heavy (non-hydrogen) atoms. The van der Waals surface area contributed by atoms with Crippen LogP contribution in [-0.2, 0) is 0 Å². The first-order chi connectivity index (χ1) is 12.2. The minimum atomic E-state index is -4.24. The molecule has 0 amide bonds. The van der Waals surface area contributed by atoms with Gasteiger partial charge in [0, 0.05) is 5.75 Å². The van der Waals surface area contributed by atoms with Gasteiger partial charge < -0.3 is 0 Å². The highest BCUT2D eigenvalue weighted by molar-refractivity contribution is 7.99. The summed E-state index contributed by atoms with van der Waals surface area (Å²) in [4.78, 5) is 17.5. The molecule has 7 heteroatoms. The first-order valence-corrected chi connectivity index (χ1v) is 9.03. The van der Waals surface area contributed by atoms with Crippen molar-refractivity contribution in [2.24, 2.45) is 0 Å². The van der Waals surface area contributed by atoms with Crippen molar-refractivity contribution < 1.29 is 13.2 Å². The molecule has 3 rings (SSSR count). The van der Waals surface area contributed by atoms with Crippen molar-refractivity contribution in [1.82, 2.24) is 9.55 Å². The Kier molecular flexibility index (Phi) is 5.09. The van der Waals surface area contributed by atoms with E-state index in [1.807, 2.05) is 32.0 Å². The van der Waals surface area contributed by atoms with Gasteiger partial charge in [0.2, 0.25) is 0 Å². The van der Waals surface area contributed by atoms with Crippen LogP contribution < -0.4 is 5.56 Å². The van der Waals surface area contributed by atoms with Crippen molar-refractivity contribution in [2.75, 3.05) is 5.75 Å². The molecule has 0 bridgehead atoms. The second-order valence-corrected chi connectivity index (χ2v) is 7.17. The van der Waals surface area contributed by atoms with Crippen LogP contribution >= 0.6 is 11.8 Å². The Morgan fingerprint density at radius 3 is 2.38 bits per heavy atom. The zero-order valence-electron chi connectivity index (χ0n) is 14.3. The molecule has 3 aromatic rings. The quantitative estimate of drug-likeness (QED) is 0.471. The normalized spacial score (nSPS) is 11.9. The van der Waals surface area contributed by atoms with E-state index in [1.54, 1.807) is 24.3 Å². The lowest BCUT2D eigenvalue weighted by atomic mass is 10.1. The summed E-state index contributed by atoms with van der Waals surface area (Å²) in [5.41, 5.74) is 2.74. The van der Waals surface area contributed by atoms with E-state index in [0.717, 1.165) is 22.9 Å². The van der Waals surface area contributed by atoms with Gasteiger partial charge in [0.1, 0.15) is 0 Å². The number of nitrogens with zero attached hydrogens (tertiary/aromatic N) is 2. The van der Waals surface area contributed by atoms with Crippen LogP contribution in [0.2, 0.25) is 0 Å². The molecule has 0 atom stereocenters. The lowest BCUT2D eigenvalue weighted by Gasteiger charge is -2.15. The molecule has 0 spiro atoms. The number of hydrogen-bond donors (Lipinski definition) is 0. The Balaban J connectivity index is 2.16. The number of aromatic nitrogens is 2. The molecule has 1 heterocycles. The van der Waals surface area contributed by atoms with Gasteiger partial charge in [0.05, 0.1) is 23.0 Å². The minimum absolute atomic E-state index is 0.195. The Bertz CT molecular complexity index is 992. The van der Waals surface area contributed by atoms with E-state index < -0.39 is 12.6 Å². The summed E-state index contributed by atoms with van der Waals surface area (Å²) < 4.78 is 39.0. The third-order valence-electron chi connectivity index (χ3n) is 3.83. The molecule has 0 unspecified atom stereocenters. The highest BCUT2D eigenvalue weighted by atomic mass is 32.2. The molecule has 0 saturated heterocycles. The van der Waals surface area contributed by atoms with Crippen molar-refractivity contribution in [3.63, 3.8) is 0 Å². The number of thioether (sulfide) groups is 1. The molecule has 136 valence electrons. The third kappa shape index (κ3) is 4.09. The van der Waals surface area contributed by atoms with Gasteiger partial charge >= 0.3 is 6.18 Å². The van der Waals surface area contributed by atoms with Crippen molar-refractivity contribution in [2.45, 2.75) is 31.6 Å². The summed E-state index contributed by atoms with van der Waals surface area (Å²) in [7, 11) is 0. The number of fused-ring (bicyclic) bond motifs is 1. The van der Waals surface area contributed by atoms with Crippen LogP contribution in [0.3, 0.4) is 0 Å². The SMILES string of the molecule is Cc1cc(C)cc(-n2c(SCCC(F)(F)F)nc3ccccc3c2=O)c1. The first kappa shape index (κ1) is 18.5. The van der Waals surface area contributed by atoms with E-state index in [4.69, 9.17) is 0 Å². The smallest absolute Gasteiger partial charge is 0.268 e. The van der Waals surface area contributed by atoms with Crippen LogP contribution in [0.1, 0.15) is 17.5 Å². The van der Waals surface area contributed by atoms with Gasteiger partial charge in [-0.15, -0.1) is 0 Å². The number of halogens is 3. The number of aryl methyl sites for hydroxylation is 2. The summed E-state index contributed by atoms with van der Waals surface area (Å²) >= 11 is 0.941. The molecule has 0 aliphatic heterocycles. The average Bonchev–Trinajstić information content (AvgIpc) is 2.53. The van der Waals surface area contributed by atoms with Crippen LogP contribution in [0.4, 0.5) is 13.2 Å². The fourth-order valence-electron chi connectivity index (χ4n) is 2.77. The largest absolute Gasteiger partial charge is 0.389 e. The number of rotatable bonds is 4. The Hall–Kier alpha value is -2.28. The zero-order valence-corrected chi connectivity index (χ0v) is 15.1. The predicted octanol–water partition coefficient (Wildman–Crippen LogP) is 5.05. The summed E-state index contributed by atoms with van der Waals surface area (Å²) in [6.07, 6.45) is -5.18. The van der Waals surface area contributed by atoms with E-state index in [0.29, 0.717) is 16.6 Å². The Morgan fingerprint density at radius 2 is 1.73 bits per heavy atom. The fourth-order valence-corrected chi connectivity index (χ4v) is 3.77. The lowest BCUT2D eigenvalue weighted by Crippen LogP contribution is -2.22. The van der Waals surface area contributed by atoms with Crippen LogP contribution in [-0.4, -0.2) is 21.5 Å². The fraction of sp³-hybridized carbons (Fsp3) is 0.263. The van der Waals surface area contributed by atoms with Gasteiger partial charge in [-0.05, 0) is 49.2 Å². The monoisotopic (exact) mass is 378 g/mol. The number of alkyl halides is 3. The Labute approximate surface area is 152 Å². The van der Waals surface area contributed by atoms with Crippen molar-refractivity contribution >= 4 is 22.7 Å². The minimum Gasteiger partial charge on any atom is -0.268 e. The van der Waals surface area contributed by atoms with Crippen LogP contribution in [0, 0.1) is 13.8 Å². The molecule has 0 aliphatic rings. The maximum Gasteiger partial charge on any atom is 0.389 e. The van der Waals surface area contributed by atoms with Crippen molar-refractivity contribution in [3.8, 4) is 5.69 Å². The van der Waals surface area contributed by atoms with Gasteiger partial charge in [-0.2, -0.15) is 13.2 Å². The maximum atomic E-state index is 13.0. The predicted molar refractivity (Wildman–Crippen MR) is 98.2 cm³/mol. The molecule has 0 fully saturated rings.